The fourth-order valence-corrected chi connectivity index (χ4v) is 5.34. The van der Waals surface area contributed by atoms with Crippen molar-refractivity contribution in [3.05, 3.63) is 123 Å². The van der Waals surface area contributed by atoms with Gasteiger partial charge in [-0.2, -0.15) is 0 Å². The molecule has 0 unspecified atom stereocenters. The summed E-state index contributed by atoms with van der Waals surface area (Å²) in [5.74, 6) is 0.241. The predicted octanol–water partition coefficient (Wildman–Crippen LogP) is 9.11. The van der Waals surface area contributed by atoms with E-state index in [1.807, 2.05) is 24.3 Å². The van der Waals surface area contributed by atoms with Crippen LogP contribution in [-0.2, 0) is 13.1 Å². The van der Waals surface area contributed by atoms with Crippen molar-refractivity contribution in [2.75, 3.05) is 0 Å². The van der Waals surface area contributed by atoms with Gasteiger partial charge in [-0.3, -0.25) is 0 Å². The summed E-state index contributed by atoms with van der Waals surface area (Å²) in [4.78, 5) is 8.39. The molecule has 0 aliphatic carbocycles. The van der Waals surface area contributed by atoms with Crippen molar-refractivity contribution in [2.24, 2.45) is 4.99 Å². The van der Waals surface area contributed by atoms with Crippen LogP contribution in [0, 0.1) is 20.8 Å². The zero-order valence-corrected chi connectivity index (χ0v) is 22.8. The SMILES string of the molecule is Cc1ccc(CN(Cc2cccc(O)c2)C(=Nc2cc(Cl)cc(Cl)c2)Sc2ccc(C)cc2C)cc1. The van der Waals surface area contributed by atoms with Gasteiger partial charge in [0, 0.05) is 28.0 Å². The van der Waals surface area contributed by atoms with Crippen LogP contribution in [0.3, 0.4) is 0 Å². The summed E-state index contributed by atoms with van der Waals surface area (Å²) in [6.07, 6.45) is 0. The average Bonchev–Trinajstić information content (AvgIpc) is 2.81. The monoisotopic (exact) mass is 534 g/mol. The van der Waals surface area contributed by atoms with Gasteiger partial charge in [0.1, 0.15) is 5.75 Å². The zero-order chi connectivity index (χ0) is 25.7. The highest BCUT2D eigenvalue weighted by Crippen LogP contribution is 2.32. The minimum absolute atomic E-state index is 0.241. The van der Waals surface area contributed by atoms with E-state index in [1.165, 1.54) is 22.3 Å². The van der Waals surface area contributed by atoms with E-state index in [1.54, 1.807) is 30.0 Å². The van der Waals surface area contributed by atoms with Gasteiger partial charge in [-0.05, 0) is 73.9 Å². The lowest BCUT2D eigenvalue weighted by Crippen LogP contribution is -2.28. The highest BCUT2D eigenvalue weighted by molar-refractivity contribution is 8.13. The number of aromatic hydroxyl groups is 1. The van der Waals surface area contributed by atoms with Crippen LogP contribution in [-0.4, -0.2) is 15.2 Å². The Balaban J connectivity index is 1.80. The van der Waals surface area contributed by atoms with Crippen molar-refractivity contribution < 1.29 is 5.11 Å². The average molecular weight is 536 g/mol. The molecular weight excluding hydrogens is 507 g/mol. The highest BCUT2D eigenvalue weighted by Gasteiger charge is 2.17. The van der Waals surface area contributed by atoms with Crippen LogP contribution < -0.4 is 0 Å². The maximum atomic E-state index is 10.1. The van der Waals surface area contributed by atoms with Crippen LogP contribution in [0.4, 0.5) is 5.69 Å². The zero-order valence-electron chi connectivity index (χ0n) is 20.5. The van der Waals surface area contributed by atoms with Gasteiger partial charge in [-0.1, -0.05) is 94.6 Å². The Hall–Kier alpha value is -2.92. The summed E-state index contributed by atoms with van der Waals surface area (Å²) in [5, 5.41) is 12.0. The molecule has 0 aliphatic heterocycles. The summed E-state index contributed by atoms with van der Waals surface area (Å²) in [5.41, 5.74) is 6.45. The van der Waals surface area contributed by atoms with Crippen LogP contribution in [0.5, 0.6) is 5.75 Å². The van der Waals surface area contributed by atoms with Gasteiger partial charge in [0.05, 0.1) is 5.69 Å². The summed E-state index contributed by atoms with van der Waals surface area (Å²) in [7, 11) is 0. The number of aliphatic imine (C=N–C) groups is 1. The van der Waals surface area contributed by atoms with Gasteiger partial charge >= 0.3 is 0 Å². The second-order valence-electron chi connectivity index (χ2n) is 8.90. The minimum Gasteiger partial charge on any atom is -0.508 e. The molecule has 4 rings (SSSR count). The third-order valence-corrected chi connectivity index (χ3v) is 7.30. The molecule has 3 nitrogen and oxygen atoms in total. The predicted molar refractivity (Wildman–Crippen MR) is 154 cm³/mol. The van der Waals surface area contributed by atoms with Crippen LogP contribution in [0.1, 0.15) is 27.8 Å². The van der Waals surface area contributed by atoms with Gasteiger partial charge < -0.3 is 10.0 Å². The molecule has 0 bridgehead atoms. The molecule has 4 aromatic carbocycles. The molecule has 0 fully saturated rings. The lowest BCUT2D eigenvalue weighted by Gasteiger charge is -2.27. The molecule has 184 valence electrons. The van der Waals surface area contributed by atoms with Crippen molar-refractivity contribution in [1.29, 1.82) is 0 Å². The molecule has 6 heteroatoms. The number of nitrogens with zero attached hydrogens (tertiary/aromatic N) is 2. The van der Waals surface area contributed by atoms with E-state index in [9.17, 15) is 5.11 Å². The number of phenolic OH excluding ortho intramolecular Hbond substituents is 1. The quantitative estimate of drug-likeness (QED) is 0.152. The number of hydrogen-bond acceptors (Lipinski definition) is 3. The third kappa shape index (κ3) is 7.30. The van der Waals surface area contributed by atoms with Crippen molar-refractivity contribution in [3.63, 3.8) is 0 Å². The Labute approximate surface area is 227 Å². The highest BCUT2D eigenvalue weighted by atomic mass is 35.5. The number of hydrogen-bond donors (Lipinski definition) is 1. The lowest BCUT2D eigenvalue weighted by atomic mass is 10.1. The smallest absolute Gasteiger partial charge is 0.169 e. The summed E-state index contributed by atoms with van der Waals surface area (Å²) in [6, 6.07) is 27.6. The number of benzene rings is 4. The lowest BCUT2D eigenvalue weighted by molar-refractivity contribution is 0.412. The Morgan fingerprint density at radius 1 is 0.778 bits per heavy atom. The van der Waals surface area contributed by atoms with E-state index >= 15 is 0 Å². The first-order valence-corrected chi connectivity index (χ1v) is 13.2. The first-order valence-electron chi connectivity index (χ1n) is 11.6. The molecule has 0 saturated carbocycles. The van der Waals surface area contributed by atoms with Crippen molar-refractivity contribution in [1.82, 2.24) is 4.90 Å². The standard InChI is InChI=1S/C30H28Cl2N2OS/c1-20-7-10-23(11-8-20)18-34(19-24-5-4-6-28(35)14-24)30(33-27-16-25(31)15-26(32)17-27)36-29-12-9-21(2)13-22(29)3/h4-17,35H,18-19H2,1-3H3. The number of rotatable bonds is 6. The Kier molecular flexibility index (Phi) is 8.63. The molecule has 0 heterocycles. The maximum Gasteiger partial charge on any atom is 0.169 e. The van der Waals surface area contributed by atoms with Crippen LogP contribution in [0.2, 0.25) is 10.0 Å². The minimum atomic E-state index is 0.241. The van der Waals surface area contributed by atoms with Crippen LogP contribution in [0.25, 0.3) is 0 Å². The number of halogens is 2. The molecule has 0 atom stereocenters. The van der Waals surface area contributed by atoms with E-state index < -0.39 is 0 Å². The molecular formula is C30H28Cl2N2OS. The maximum absolute atomic E-state index is 10.1. The molecule has 0 amide bonds. The number of thioether (sulfide) groups is 1. The first-order chi connectivity index (χ1) is 17.2. The molecule has 36 heavy (non-hydrogen) atoms. The van der Waals surface area contributed by atoms with E-state index in [0.29, 0.717) is 28.8 Å². The molecule has 0 radical (unpaired) electrons. The second-order valence-corrected chi connectivity index (χ2v) is 10.8. The normalized spacial score (nSPS) is 11.5. The fraction of sp³-hybridized carbons (Fsp3) is 0.167. The molecule has 0 aromatic heterocycles. The second kappa shape index (κ2) is 11.9. The number of phenols is 1. The largest absolute Gasteiger partial charge is 0.508 e. The van der Waals surface area contributed by atoms with E-state index in [0.717, 1.165) is 15.6 Å². The van der Waals surface area contributed by atoms with Gasteiger partial charge in [-0.15, -0.1) is 0 Å². The van der Waals surface area contributed by atoms with Gasteiger partial charge in [0.25, 0.3) is 0 Å². The third-order valence-electron chi connectivity index (χ3n) is 5.65. The summed E-state index contributed by atoms with van der Waals surface area (Å²) in [6.45, 7) is 7.49. The van der Waals surface area contributed by atoms with Gasteiger partial charge in [-0.25, -0.2) is 4.99 Å². The van der Waals surface area contributed by atoms with Crippen molar-refractivity contribution in [3.8, 4) is 5.75 Å². The molecule has 4 aromatic rings. The van der Waals surface area contributed by atoms with Gasteiger partial charge in [0.15, 0.2) is 5.17 Å². The topological polar surface area (TPSA) is 35.8 Å². The Bertz CT molecular complexity index is 1370. The van der Waals surface area contributed by atoms with Crippen LogP contribution in [0.15, 0.2) is 94.8 Å². The molecule has 0 spiro atoms. The van der Waals surface area contributed by atoms with E-state index in [-0.39, 0.29) is 5.75 Å². The van der Waals surface area contributed by atoms with E-state index in [2.05, 4.69) is 68.1 Å². The Morgan fingerprint density at radius 3 is 2.11 bits per heavy atom. The van der Waals surface area contributed by atoms with Crippen molar-refractivity contribution >= 4 is 45.8 Å². The Morgan fingerprint density at radius 2 is 1.44 bits per heavy atom. The van der Waals surface area contributed by atoms with E-state index in [4.69, 9.17) is 28.2 Å². The number of aryl methyl sites for hydroxylation is 3. The fourth-order valence-electron chi connectivity index (χ4n) is 3.86. The summed E-state index contributed by atoms with van der Waals surface area (Å²) >= 11 is 14.2. The molecule has 0 saturated heterocycles. The molecule has 0 aliphatic rings. The van der Waals surface area contributed by atoms with Crippen molar-refractivity contribution in [2.45, 2.75) is 38.8 Å². The molecule has 1 N–H and O–H groups in total. The first kappa shape index (κ1) is 26.2. The van der Waals surface area contributed by atoms with Crippen LogP contribution >= 0.6 is 35.0 Å². The number of amidine groups is 1. The summed E-state index contributed by atoms with van der Waals surface area (Å²) < 4.78 is 0. The van der Waals surface area contributed by atoms with Gasteiger partial charge in [0.2, 0.25) is 0 Å².